The van der Waals surface area contributed by atoms with Gasteiger partial charge in [-0.05, 0) is 17.7 Å². The largest absolute Gasteiger partial charge is 0.445 e. The van der Waals surface area contributed by atoms with Gasteiger partial charge in [-0.1, -0.05) is 54.3 Å². The quantitative estimate of drug-likeness (QED) is 0.677. The van der Waals surface area contributed by atoms with Crippen molar-refractivity contribution in [1.29, 1.82) is 0 Å². The summed E-state index contributed by atoms with van der Waals surface area (Å²) in [7, 11) is 3.98. The molecule has 0 fully saturated rings. The van der Waals surface area contributed by atoms with E-state index in [9.17, 15) is 4.79 Å². The lowest BCUT2D eigenvalue weighted by Gasteiger charge is -2.13. The second-order valence-corrected chi connectivity index (χ2v) is 5.45. The Bertz CT molecular complexity index is 715. The van der Waals surface area contributed by atoms with Crippen LogP contribution in [0.15, 0.2) is 54.6 Å². The summed E-state index contributed by atoms with van der Waals surface area (Å²) in [6.45, 7) is 0.735. The van der Waals surface area contributed by atoms with Crippen LogP contribution in [0.4, 0.5) is 10.5 Å². The highest BCUT2D eigenvalue weighted by Gasteiger charge is 2.01. The molecule has 0 unspecified atom stereocenters. The van der Waals surface area contributed by atoms with E-state index in [0.717, 1.165) is 16.8 Å². The van der Waals surface area contributed by atoms with Crippen LogP contribution in [0, 0.1) is 11.8 Å². The highest BCUT2D eigenvalue weighted by molar-refractivity contribution is 5.67. The van der Waals surface area contributed by atoms with Gasteiger partial charge in [-0.2, -0.15) is 0 Å². The van der Waals surface area contributed by atoms with Crippen LogP contribution in [0.5, 0.6) is 0 Å². The third-order valence-corrected chi connectivity index (χ3v) is 3.34. The fraction of sp³-hybridized carbons (Fsp3) is 0.250. The van der Waals surface area contributed by atoms with Crippen molar-refractivity contribution >= 4 is 11.8 Å². The number of alkyl carbamates (subject to hydrolysis) is 1. The van der Waals surface area contributed by atoms with Crippen LogP contribution in [0.1, 0.15) is 17.5 Å². The van der Waals surface area contributed by atoms with Gasteiger partial charge < -0.3 is 15.0 Å². The molecule has 0 radical (unpaired) electrons. The molecule has 0 aromatic heterocycles. The number of nitrogens with zero attached hydrogens (tertiary/aromatic N) is 1. The molecule has 2 aromatic carbocycles. The van der Waals surface area contributed by atoms with Crippen molar-refractivity contribution < 1.29 is 9.53 Å². The fourth-order valence-electron chi connectivity index (χ4n) is 2.13. The van der Waals surface area contributed by atoms with Gasteiger partial charge in [-0.15, -0.1) is 0 Å². The van der Waals surface area contributed by atoms with Crippen LogP contribution in [-0.2, 0) is 11.3 Å². The first-order chi connectivity index (χ1) is 11.7. The number of amides is 1. The van der Waals surface area contributed by atoms with Crippen molar-refractivity contribution in [2.24, 2.45) is 0 Å². The Morgan fingerprint density at radius 2 is 1.79 bits per heavy atom. The predicted octanol–water partition coefficient (Wildman–Crippen LogP) is 3.42. The minimum atomic E-state index is -0.422. The van der Waals surface area contributed by atoms with E-state index in [4.69, 9.17) is 4.74 Å². The predicted molar refractivity (Wildman–Crippen MR) is 96.9 cm³/mol. The molecule has 0 aliphatic carbocycles. The van der Waals surface area contributed by atoms with E-state index in [-0.39, 0.29) is 6.61 Å². The summed E-state index contributed by atoms with van der Waals surface area (Å²) in [6.07, 6.45) is 0.150. The Labute approximate surface area is 143 Å². The van der Waals surface area contributed by atoms with Gasteiger partial charge in [0.05, 0.1) is 5.69 Å². The second-order valence-electron chi connectivity index (χ2n) is 5.45. The smallest absolute Gasteiger partial charge is 0.407 e. The maximum Gasteiger partial charge on any atom is 0.407 e. The van der Waals surface area contributed by atoms with Gasteiger partial charge in [0.15, 0.2) is 0 Å². The molecule has 4 nitrogen and oxygen atoms in total. The summed E-state index contributed by atoms with van der Waals surface area (Å²) >= 11 is 0. The van der Waals surface area contributed by atoms with Crippen molar-refractivity contribution in [2.75, 3.05) is 25.5 Å². The number of benzene rings is 2. The topological polar surface area (TPSA) is 41.6 Å². The van der Waals surface area contributed by atoms with Crippen molar-refractivity contribution in [1.82, 2.24) is 5.32 Å². The van der Waals surface area contributed by atoms with E-state index in [1.165, 1.54) is 0 Å². The van der Waals surface area contributed by atoms with E-state index < -0.39 is 6.09 Å². The summed E-state index contributed by atoms with van der Waals surface area (Å²) in [5.74, 6) is 6.22. The first-order valence-corrected chi connectivity index (χ1v) is 7.86. The van der Waals surface area contributed by atoms with Crippen molar-refractivity contribution in [3.8, 4) is 11.8 Å². The molecule has 0 aliphatic heterocycles. The summed E-state index contributed by atoms with van der Waals surface area (Å²) in [5.41, 5.74) is 3.03. The van der Waals surface area contributed by atoms with Crippen LogP contribution in [-0.4, -0.2) is 26.7 Å². The number of rotatable bonds is 5. The zero-order valence-electron chi connectivity index (χ0n) is 14.1. The van der Waals surface area contributed by atoms with Gasteiger partial charge in [0, 0.05) is 32.6 Å². The third kappa shape index (κ3) is 5.69. The molecule has 2 rings (SSSR count). The van der Waals surface area contributed by atoms with E-state index in [2.05, 4.69) is 17.2 Å². The van der Waals surface area contributed by atoms with Crippen LogP contribution >= 0.6 is 0 Å². The molecule has 0 saturated carbocycles. The lowest BCUT2D eigenvalue weighted by Crippen LogP contribution is -2.24. The van der Waals surface area contributed by atoms with E-state index in [1.807, 2.05) is 73.6 Å². The summed E-state index contributed by atoms with van der Waals surface area (Å²) in [5, 5.41) is 2.70. The van der Waals surface area contributed by atoms with E-state index in [0.29, 0.717) is 13.0 Å². The highest BCUT2D eigenvalue weighted by atomic mass is 16.5. The molecule has 0 bridgehead atoms. The van der Waals surface area contributed by atoms with Gasteiger partial charge in [0.25, 0.3) is 0 Å². The highest BCUT2D eigenvalue weighted by Crippen LogP contribution is 2.16. The Morgan fingerprint density at radius 1 is 1.08 bits per heavy atom. The molecule has 4 heteroatoms. The number of anilines is 1. The first kappa shape index (κ1) is 17.4. The molecule has 124 valence electrons. The van der Waals surface area contributed by atoms with Crippen molar-refractivity contribution in [3.63, 3.8) is 0 Å². The van der Waals surface area contributed by atoms with Gasteiger partial charge in [-0.25, -0.2) is 4.79 Å². The molecule has 0 atom stereocenters. The lowest BCUT2D eigenvalue weighted by atomic mass is 10.1. The molecule has 0 aliphatic rings. The molecule has 2 aromatic rings. The monoisotopic (exact) mass is 322 g/mol. The Balaban J connectivity index is 1.73. The number of hydrogen-bond acceptors (Lipinski definition) is 3. The van der Waals surface area contributed by atoms with Crippen molar-refractivity contribution in [3.05, 3.63) is 65.7 Å². The van der Waals surface area contributed by atoms with Gasteiger partial charge in [0.2, 0.25) is 0 Å². The van der Waals surface area contributed by atoms with Gasteiger partial charge in [-0.3, -0.25) is 0 Å². The molecular formula is C20H22N2O2. The maximum absolute atomic E-state index is 11.6. The number of carbonyl (C=O) groups excluding carboxylic acids is 1. The lowest BCUT2D eigenvalue weighted by molar-refractivity contribution is 0.140. The van der Waals surface area contributed by atoms with Gasteiger partial charge in [0.1, 0.15) is 6.61 Å². The number of hydrogen-bond donors (Lipinski definition) is 1. The Hall–Kier alpha value is -2.93. The van der Waals surface area contributed by atoms with Crippen LogP contribution in [0.3, 0.4) is 0 Å². The molecular weight excluding hydrogens is 300 g/mol. The number of carbonyl (C=O) groups is 1. The Morgan fingerprint density at radius 3 is 2.54 bits per heavy atom. The summed E-state index contributed by atoms with van der Waals surface area (Å²) < 4.78 is 5.14. The maximum atomic E-state index is 11.6. The average Bonchev–Trinajstić information content (AvgIpc) is 2.61. The molecule has 0 spiro atoms. The zero-order chi connectivity index (χ0) is 17.2. The SMILES string of the molecule is CN(C)c1ccccc1C#CCCNC(=O)OCc1ccccc1. The van der Waals surface area contributed by atoms with Crippen LogP contribution < -0.4 is 10.2 Å². The van der Waals surface area contributed by atoms with Crippen molar-refractivity contribution in [2.45, 2.75) is 13.0 Å². The number of ether oxygens (including phenoxy) is 1. The average molecular weight is 322 g/mol. The number of para-hydroxylation sites is 1. The molecule has 1 amide bonds. The Kier molecular flexibility index (Phi) is 6.73. The molecule has 1 N–H and O–H groups in total. The minimum absolute atomic E-state index is 0.272. The summed E-state index contributed by atoms with van der Waals surface area (Å²) in [4.78, 5) is 13.6. The minimum Gasteiger partial charge on any atom is -0.445 e. The van der Waals surface area contributed by atoms with E-state index in [1.54, 1.807) is 0 Å². The number of nitrogens with one attached hydrogen (secondary N) is 1. The molecule has 0 heterocycles. The zero-order valence-corrected chi connectivity index (χ0v) is 14.1. The normalized spacial score (nSPS) is 9.58. The second kappa shape index (κ2) is 9.26. The fourth-order valence-corrected chi connectivity index (χ4v) is 2.13. The molecule has 0 saturated heterocycles. The third-order valence-electron chi connectivity index (χ3n) is 3.34. The van der Waals surface area contributed by atoms with E-state index >= 15 is 0 Å². The first-order valence-electron chi connectivity index (χ1n) is 7.86. The summed E-state index contributed by atoms with van der Waals surface area (Å²) in [6, 6.07) is 17.6. The molecule has 24 heavy (non-hydrogen) atoms. The van der Waals surface area contributed by atoms with Crippen LogP contribution in [0.2, 0.25) is 0 Å². The standard InChI is InChI=1S/C20H22N2O2/c1-22(2)19-14-7-6-12-18(19)13-8-9-15-21-20(23)24-16-17-10-4-3-5-11-17/h3-7,10-12,14H,9,15-16H2,1-2H3,(H,21,23). The van der Waals surface area contributed by atoms with Gasteiger partial charge >= 0.3 is 6.09 Å². The van der Waals surface area contributed by atoms with Crippen LogP contribution in [0.25, 0.3) is 0 Å².